The number of rotatable bonds is 4. The van der Waals surface area contributed by atoms with Gasteiger partial charge in [0.05, 0.1) is 0 Å². The van der Waals surface area contributed by atoms with Gasteiger partial charge in [-0.1, -0.05) is 41.6 Å². The predicted molar refractivity (Wildman–Crippen MR) is 79.8 cm³/mol. The van der Waals surface area contributed by atoms with Crippen LogP contribution in [0.4, 0.5) is 0 Å². The highest BCUT2D eigenvalue weighted by atomic mass is 35.5. The number of hydrogen-bond acceptors (Lipinski definition) is 3. The van der Waals surface area contributed by atoms with Crippen molar-refractivity contribution in [1.29, 1.82) is 0 Å². The fourth-order valence-corrected chi connectivity index (χ4v) is 3.51. The second-order valence-corrected chi connectivity index (χ2v) is 7.34. The van der Waals surface area contributed by atoms with Crippen LogP contribution in [0.5, 0.6) is 0 Å². The Morgan fingerprint density at radius 2 is 2.05 bits per heavy atom. The SMILES string of the molecule is Cc1ccc(-c2nc(SC[C@@H]3CC3(Cl)Cl)n[nH]2)cc1. The summed E-state index contributed by atoms with van der Waals surface area (Å²) in [5.41, 5.74) is 2.27. The van der Waals surface area contributed by atoms with Gasteiger partial charge in [0, 0.05) is 17.2 Å². The summed E-state index contributed by atoms with van der Waals surface area (Å²) in [6.45, 7) is 2.06. The number of aryl methyl sites for hydroxylation is 1. The Balaban J connectivity index is 1.64. The molecule has 1 atom stereocenters. The van der Waals surface area contributed by atoms with E-state index in [4.69, 9.17) is 23.2 Å². The molecule has 3 nitrogen and oxygen atoms in total. The summed E-state index contributed by atoms with van der Waals surface area (Å²) >= 11 is 13.6. The number of thioether (sulfide) groups is 1. The van der Waals surface area contributed by atoms with Crippen LogP contribution < -0.4 is 0 Å². The monoisotopic (exact) mass is 313 g/mol. The number of halogens is 2. The van der Waals surface area contributed by atoms with Crippen LogP contribution in [-0.4, -0.2) is 25.3 Å². The third kappa shape index (κ3) is 3.07. The summed E-state index contributed by atoms with van der Waals surface area (Å²) in [5.74, 6) is 2.00. The van der Waals surface area contributed by atoms with E-state index in [-0.39, 0.29) is 0 Å². The van der Waals surface area contributed by atoms with Gasteiger partial charge in [0.25, 0.3) is 0 Å². The molecule has 0 bridgehead atoms. The summed E-state index contributed by atoms with van der Waals surface area (Å²) in [5, 5.41) is 7.90. The Bertz CT molecular complexity index is 580. The van der Waals surface area contributed by atoms with E-state index in [1.807, 2.05) is 12.1 Å². The van der Waals surface area contributed by atoms with Crippen LogP contribution in [-0.2, 0) is 0 Å². The zero-order valence-corrected chi connectivity index (χ0v) is 12.7. The zero-order valence-electron chi connectivity index (χ0n) is 10.4. The van der Waals surface area contributed by atoms with Crippen molar-refractivity contribution in [3.63, 3.8) is 0 Å². The minimum atomic E-state index is -0.525. The van der Waals surface area contributed by atoms with E-state index in [0.29, 0.717) is 5.92 Å². The molecule has 1 heterocycles. The summed E-state index contributed by atoms with van der Waals surface area (Å²) in [6, 6.07) is 8.19. The highest BCUT2D eigenvalue weighted by Gasteiger charge is 2.51. The third-order valence-corrected chi connectivity index (χ3v) is 5.09. The zero-order chi connectivity index (χ0) is 13.5. The van der Waals surface area contributed by atoms with Gasteiger partial charge in [-0.3, -0.25) is 5.10 Å². The van der Waals surface area contributed by atoms with E-state index >= 15 is 0 Å². The molecular weight excluding hydrogens is 301 g/mol. The van der Waals surface area contributed by atoms with Gasteiger partial charge in [-0.15, -0.1) is 28.3 Å². The Labute approximate surface area is 126 Å². The Morgan fingerprint density at radius 3 is 2.68 bits per heavy atom. The summed E-state index contributed by atoms with van der Waals surface area (Å²) in [4.78, 5) is 4.47. The number of nitrogens with one attached hydrogen (secondary N) is 1. The van der Waals surface area contributed by atoms with Gasteiger partial charge >= 0.3 is 0 Å². The Hall–Kier alpha value is -0.710. The standard InChI is InChI=1S/C13H13Cl2N3S/c1-8-2-4-9(5-3-8)11-16-12(18-17-11)19-7-10-6-13(10,14)15/h2-5,10H,6-7H2,1H3,(H,16,17,18)/t10-/m0/s1. The maximum Gasteiger partial charge on any atom is 0.208 e. The van der Waals surface area contributed by atoms with Crippen LogP contribution in [0.15, 0.2) is 29.4 Å². The molecule has 1 aliphatic carbocycles. The molecule has 0 aliphatic heterocycles. The second kappa shape index (κ2) is 5.00. The number of alkyl halides is 2. The molecule has 3 rings (SSSR count). The molecule has 1 aromatic carbocycles. The largest absolute Gasteiger partial charge is 0.258 e. The molecule has 1 aromatic heterocycles. The average molecular weight is 314 g/mol. The van der Waals surface area contributed by atoms with Crippen molar-refractivity contribution in [2.45, 2.75) is 22.8 Å². The van der Waals surface area contributed by atoms with Crippen LogP contribution >= 0.6 is 35.0 Å². The molecule has 0 spiro atoms. The highest BCUT2D eigenvalue weighted by Crippen LogP contribution is 2.54. The van der Waals surface area contributed by atoms with Gasteiger partial charge in [-0.05, 0) is 13.3 Å². The Morgan fingerprint density at radius 1 is 1.37 bits per heavy atom. The van der Waals surface area contributed by atoms with Crippen molar-refractivity contribution in [2.24, 2.45) is 5.92 Å². The molecule has 2 aromatic rings. The molecular formula is C13H13Cl2N3S. The Kier molecular flexibility index (Phi) is 3.50. The molecule has 1 saturated carbocycles. The fourth-order valence-electron chi connectivity index (χ4n) is 1.78. The number of nitrogens with zero attached hydrogens (tertiary/aromatic N) is 2. The van der Waals surface area contributed by atoms with E-state index in [1.165, 1.54) is 5.56 Å². The third-order valence-electron chi connectivity index (χ3n) is 3.16. The molecule has 0 unspecified atom stereocenters. The van der Waals surface area contributed by atoms with Gasteiger partial charge in [-0.25, -0.2) is 4.98 Å². The van der Waals surface area contributed by atoms with Gasteiger partial charge in [-0.2, -0.15) is 0 Å². The van der Waals surface area contributed by atoms with Crippen LogP contribution in [0, 0.1) is 12.8 Å². The van der Waals surface area contributed by atoms with Gasteiger partial charge in [0.15, 0.2) is 5.82 Å². The molecule has 19 heavy (non-hydrogen) atoms. The smallest absolute Gasteiger partial charge is 0.208 e. The predicted octanol–water partition coefficient (Wildman–Crippen LogP) is 4.07. The lowest BCUT2D eigenvalue weighted by Gasteiger charge is -1.97. The van der Waals surface area contributed by atoms with Gasteiger partial charge < -0.3 is 0 Å². The number of benzene rings is 1. The summed E-state index contributed by atoms with van der Waals surface area (Å²) in [7, 11) is 0. The minimum absolute atomic E-state index is 0.349. The first-order valence-electron chi connectivity index (χ1n) is 6.05. The average Bonchev–Trinajstić information content (AvgIpc) is 2.79. The molecule has 0 saturated heterocycles. The number of hydrogen-bond donors (Lipinski definition) is 1. The quantitative estimate of drug-likeness (QED) is 0.683. The van der Waals surface area contributed by atoms with Crippen molar-refractivity contribution >= 4 is 35.0 Å². The maximum atomic E-state index is 5.99. The molecule has 6 heteroatoms. The molecule has 0 radical (unpaired) electrons. The van der Waals surface area contributed by atoms with Crippen LogP contribution in [0.2, 0.25) is 0 Å². The summed E-state index contributed by atoms with van der Waals surface area (Å²) in [6.07, 6.45) is 0.859. The number of aromatic nitrogens is 3. The van der Waals surface area contributed by atoms with Gasteiger partial charge in [0.2, 0.25) is 5.16 Å². The highest BCUT2D eigenvalue weighted by molar-refractivity contribution is 7.99. The van der Waals surface area contributed by atoms with Crippen molar-refractivity contribution in [3.8, 4) is 11.4 Å². The van der Waals surface area contributed by atoms with E-state index in [9.17, 15) is 0 Å². The summed E-state index contributed by atoms with van der Waals surface area (Å²) < 4.78 is -0.525. The first kappa shape index (κ1) is 13.3. The van der Waals surface area contributed by atoms with Crippen molar-refractivity contribution < 1.29 is 0 Å². The van der Waals surface area contributed by atoms with Gasteiger partial charge in [0.1, 0.15) is 4.33 Å². The maximum absolute atomic E-state index is 5.99. The fraction of sp³-hybridized carbons (Fsp3) is 0.385. The second-order valence-electron chi connectivity index (χ2n) is 4.81. The molecule has 1 N–H and O–H groups in total. The van der Waals surface area contributed by atoms with Crippen molar-refractivity contribution in [1.82, 2.24) is 15.2 Å². The number of aromatic amines is 1. The normalized spacial score (nSPS) is 20.5. The first-order chi connectivity index (χ1) is 9.04. The lowest BCUT2D eigenvalue weighted by molar-refractivity contribution is 0.945. The molecule has 1 fully saturated rings. The van der Waals surface area contributed by atoms with Crippen molar-refractivity contribution in [3.05, 3.63) is 29.8 Å². The van der Waals surface area contributed by atoms with Crippen LogP contribution in [0.1, 0.15) is 12.0 Å². The van der Waals surface area contributed by atoms with Crippen LogP contribution in [0.3, 0.4) is 0 Å². The number of H-pyrrole nitrogens is 1. The van der Waals surface area contributed by atoms with Crippen molar-refractivity contribution in [2.75, 3.05) is 5.75 Å². The van der Waals surface area contributed by atoms with E-state index in [0.717, 1.165) is 28.7 Å². The first-order valence-corrected chi connectivity index (χ1v) is 7.79. The topological polar surface area (TPSA) is 41.6 Å². The van der Waals surface area contributed by atoms with E-state index in [2.05, 4.69) is 34.2 Å². The minimum Gasteiger partial charge on any atom is -0.258 e. The lowest BCUT2D eigenvalue weighted by Crippen LogP contribution is -1.93. The molecule has 0 amide bonds. The lowest BCUT2D eigenvalue weighted by atomic mass is 10.1. The van der Waals surface area contributed by atoms with E-state index in [1.54, 1.807) is 11.8 Å². The molecule has 1 aliphatic rings. The van der Waals surface area contributed by atoms with E-state index < -0.39 is 4.33 Å². The van der Waals surface area contributed by atoms with Crippen LogP contribution in [0.25, 0.3) is 11.4 Å². The molecule has 100 valence electrons.